The Morgan fingerprint density at radius 3 is 2.79 bits per heavy atom. The van der Waals surface area contributed by atoms with E-state index in [9.17, 15) is 0 Å². The standard InChI is InChI=1S/C17H22O2/c1-14-12-15(6-4-5-11-18)9-10-17(14)19-13-16-7-2-3-8-16/h9-10,12,16,18H,2-3,5,7-8,11,13H2,1H3. The van der Waals surface area contributed by atoms with Gasteiger partial charge in [0, 0.05) is 12.0 Å². The average molecular weight is 258 g/mol. The molecule has 1 saturated carbocycles. The van der Waals surface area contributed by atoms with Gasteiger partial charge in [0.25, 0.3) is 0 Å². The monoisotopic (exact) mass is 258 g/mol. The Balaban J connectivity index is 1.93. The van der Waals surface area contributed by atoms with Crippen LogP contribution in [0.5, 0.6) is 5.75 Å². The van der Waals surface area contributed by atoms with Crippen molar-refractivity contribution in [2.75, 3.05) is 13.2 Å². The molecule has 1 aromatic carbocycles. The van der Waals surface area contributed by atoms with Crippen LogP contribution in [0.1, 0.15) is 43.2 Å². The predicted molar refractivity (Wildman–Crippen MR) is 77.2 cm³/mol. The molecule has 1 aromatic rings. The highest BCUT2D eigenvalue weighted by atomic mass is 16.5. The van der Waals surface area contributed by atoms with E-state index in [1.54, 1.807) is 0 Å². The van der Waals surface area contributed by atoms with E-state index >= 15 is 0 Å². The minimum absolute atomic E-state index is 0.120. The molecule has 0 aliphatic heterocycles. The van der Waals surface area contributed by atoms with Crippen LogP contribution in [0, 0.1) is 24.7 Å². The number of aryl methyl sites for hydroxylation is 1. The second kappa shape index (κ2) is 7.21. The van der Waals surface area contributed by atoms with Crippen LogP contribution in [0.3, 0.4) is 0 Å². The highest BCUT2D eigenvalue weighted by molar-refractivity contribution is 5.43. The van der Waals surface area contributed by atoms with Crippen LogP contribution in [0.4, 0.5) is 0 Å². The molecule has 19 heavy (non-hydrogen) atoms. The summed E-state index contributed by atoms with van der Waals surface area (Å²) in [5, 5.41) is 8.69. The summed E-state index contributed by atoms with van der Waals surface area (Å²) in [6.07, 6.45) is 5.85. The number of ether oxygens (including phenoxy) is 1. The Labute approximate surface area is 115 Å². The van der Waals surface area contributed by atoms with Gasteiger partial charge in [-0.3, -0.25) is 0 Å². The summed E-state index contributed by atoms with van der Waals surface area (Å²) in [4.78, 5) is 0. The van der Waals surface area contributed by atoms with E-state index in [0.29, 0.717) is 6.42 Å². The van der Waals surface area contributed by atoms with Crippen molar-refractivity contribution in [2.24, 2.45) is 5.92 Å². The largest absolute Gasteiger partial charge is 0.493 e. The van der Waals surface area contributed by atoms with Crippen molar-refractivity contribution >= 4 is 0 Å². The lowest BCUT2D eigenvalue weighted by Crippen LogP contribution is -2.08. The van der Waals surface area contributed by atoms with Gasteiger partial charge in [-0.25, -0.2) is 0 Å². The highest BCUT2D eigenvalue weighted by Crippen LogP contribution is 2.26. The van der Waals surface area contributed by atoms with Crippen LogP contribution in [0.25, 0.3) is 0 Å². The summed E-state index contributed by atoms with van der Waals surface area (Å²) >= 11 is 0. The van der Waals surface area contributed by atoms with Gasteiger partial charge in [0.15, 0.2) is 0 Å². The quantitative estimate of drug-likeness (QED) is 0.840. The summed E-state index contributed by atoms with van der Waals surface area (Å²) in [6.45, 7) is 3.02. The van der Waals surface area contributed by atoms with Crippen LogP contribution in [-0.4, -0.2) is 18.3 Å². The first kappa shape index (κ1) is 14.0. The number of hydrogen-bond acceptors (Lipinski definition) is 2. The molecule has 1 N–H and O–H groups in total. The fourth-order valence-electron chi connectivity index (χ4n) is 2.49. The molecule has 0 aromatic heterocycles. The Bertz CT molecular complexity index is 462. The molecule has 0 bridgehead atoms. The van der Waals surface area contributed by atoms with Crippen molar-refractivity contribution in [3.05, 3.63) is 29.3 Å². The number of benzene rings is 1. The zero-order chi connectivity index (χ0) is 13.5. The Hall–Kier alpha value is -1.46. The summed E-state index contributed by atoms with van der Waals surface area (Å²) in [7, 11) is 0. The first-order chi connectivity index (χ1) is 9.29. The molecule has 0 spiro atoms. The molecule has 2 nitrogen and oxygen atoms in total. The van der Waals surface area contributed by atoms with Gasteiger partial charge in [-0.05, 0) is 49.4 Å². The third-order valence-corrected chi connectivity index (χ3v) is 3.59. The van der Waals surface area contributed by atoms with Crippen LogP contribution in [-0.2, 0) is 0 Å². The van der Waals surface area contributed by atoms with Crippen molar-refractivity contribution in [1.29, 1.82) is 0 Å². The van der Waals surface area contributed by atoms with E-state index in [0.717, 1.165) is 29.4 Å². The second-order valence-corrected chi connectivity index (χ2v) is 5.22. The average Bonchev–Trinajstić information content (AvgIpc) is 2.91. The van der Waals surface area contributed by atoms with Gasteiger partial charge in [0.1, 0.15) is 5.75 Å². The van der Waals surface area contributed by atoms with Crippen molar-refractivity contribution in [3.63, 3.8) is 0 Å². The third-order valence-electron chi connectivity index (χ3n) is 3.59. The van der Waals surface area contributed by atoms with Crippen LogP contribution in [0.15, 0.2) is 18.2 Å². The van der Waals surface area contributed by atoms with Gasteiger partial charge in [-0.2, -0.15) is 0 Å². The van der Waals surface area contributed by atoms with Crippen molar-refractivity contribution < 1.29 is 9.84 Å². The fourth-order valence-corrected chi connectivity index (χ4v) is 2.49. The molecule has 0 radical (unpaired) electrons. The van der Waals surface area contributed by atoms with Gasteiger partial charge in [-0.15, -0.1) is 0 Å². The topological polar surface area (TPSA) is 29.5 Å². The lowest BCUT2D eigenvalue weighted by molar-refractivity contribution is 0.250. The number of rotatable bonds is 4. The van der Waals surface area contributed by atoms with Crippen molar-refractivity contribution in [1.82, 2.24) is 0 Å². The maximum absolute atomic E-state index is 8.69. The van der Waals surface area contributed by atoms with Crippen molar-refractivity contribution in [2.45, 2.75) is 39.0 Å². The molecule has 1 aliphatic carbocycles. The van der Waals surface area contributed by atoms with Crippen LogP contribution >= 0.6 is 0 Å². The van der Waals surface area contributed by atoms with E-state index in [1.165, 1.54) is 25.7 Å². The minimum Gasteiger partial charge on any atom is -0.493 e. The molecule has 0 atom stereocenters. The summed E-state index contributed by atoms with van der Waals surface area (Å²) in [5.74, 6) is 7.69. The van der Waals surface area contributed by atoms with Gasteiger partial charge in [0.05, 0.1) is 13.2 Å². The third kappa shape index (κ3) is 4.29. The van der Waals surface area contributed by atoms with Gasteiger partial charge in [-0.1, -0.05) is 24.7 Å². The van der Waals surface area contributed by atoms with Crippen LogP contribution in [0.2, 0.25) is 0 Å². The molecule has 0 heterocycles. The van der Waals surface area contributed by atoms with Gasteiger partial charge in [0.2, 0.25) is 0 Å². The van der Waals surface area contributed by atoms with Crippen molar-refractivity contribution in [3.8, 4) is 17.6 Å². The molecule has 2 rings (SSSR count). The molecule has 2 heteroatoms. The molecule has 1 fully saturated rings. The van der Waals surface area contributed by atoms with Gasteiger partial charge < -0.3 is 9.84 Å². The maximum Gasteiger partial charge on any atom is 0.122 e. The maximum atomic E-state index is 8.69. The molecule has 0 amide bonds. The molecular formula is C17H22O2. The van der Waals surface area contributed by atoms with E-state index < -0.39 is 0 Å². The number of hydrogen-bond donors (Lipinski definition) is 1. The smallest absolute Gasteiger partial charge is 0.122 e. The zero-order valence-electron chi connectivity index (χ0n) is 11.6. The van der Waals surface area contributed by atoms with Gasteiger partial charge >= 0.3 is 0 Å². The highest BCUT2D eigenvalue weighted by Gasteiger charge is 2.15. The molecule has 102 valence electrons. The second-order valence-electron chi connectivity index (χ2n) is 5.22. The Morgan fingerprint density at radius 1 is 1.32 bits per heavy atom. The lowest BCUT2D eigenvalue weighted by atomic mass is 10.1. The molecule has 0 unspecified atom stereocenters. The summed E-state index contributed by atoms with van der Waals surface area (Å²) in [5.41, 5.74) is 2.12. The first-order valence-electron chi connectivity index (χ1n) is 7.13. The Morgan fingerprint density at radius 2 is 2.11 bits per heavy atom. The van der Waals surface area contributed by atoms with Crippen LogP contribution < -0.4 is 4.74 Å². The van der Waals surface area contributed by atoms with E-state index in [2.05, 4.69) is 18.8 Å². The lowest BCUT2D eigenvalue weighted by Gasteiger charge is -2.13. The van der Waals surface area contributed by atoms with E-state index in [4.69, 9.17) is 9.84 Å². The normalized spacial score (nSPS) is 15.1. The SMILES string of the molecule is Cc1cc(C#CCCO)ccc1OCC1CCCC1. The minimum atomic E-state index is 0.120. The molecule has 1 aliphatic rings. The summed E-state index contributed by atoms with van der Waals surface area (Å²) in [6, 6.07) is 6.04. The number of aliphatic hydroxyl groups is 1. The number of aliphatic hydroxyl groups excluding tert-OH is 1. The van der Waals surface area contributed by atoms with E-state index in [1.807, 2.05) is 18.2 Å². The predicted octanol–water partition coefficient (Wildman–Crippen LogP) is 3.30. The molecular weight excluding hydrogens is 236 g/mol. The Kier molecular flexibility index (Phi) is 5.30. The zero-order valence-corrected chi connectivity index (χ0v) is 11.6. The summed E-state index contributed by atoms with van der Waals surface area (Å²) < 4.78 is 5.91. The fraction of sp³-hybridized carbons (Fsp3) is 0.529. The first-order valence-corrected chi connectivity index (χ1v) is 7.13. The molecule has 0 saturated heterocycles. The van der Waals surface area contributed by atoms with E-state index in [-0.39, 0.29) is 6.61 Å².